The van der Waals surface area contributed by atoms with Crippen molar-refractivity contribution in [3.8, 4) is 0 Å². The predicted molar refractivity (Wildman–Crippen MR) is 95.0 cm³/mol. The summed E-state index contributed by atoms with van der Waals surface area (Å²) in [5, 5.41) is 6.07. The van der Waals surface area contributed by atoms with Gasteiger partial charge in [0, 0.05) is 24.7 Å². The Morgan fingerprint density at radius 1 is 1.12 bits per heavy atom. The molecular weight excluding hydrogens is 302 g/mol. The number of carbonyl (C=O) groups is 2. The van der Waals surface area contributed by atoms with Crippen LogP contribution in [0.2, 0.25) is 0 Å². The third-order valence-corrected chi connectivity index (χ3v) is 5.23. The van der Waals surface area contributed by atoms with Crippen molar-refractivity contribution in [3.05, 3.63) is 29.8 Å². The maximum absolute atomic E-state index is 12.3. The monoisotopic (exact) mass is 329 g/mol. The SMILES string of the molecule is Cc1ccc(N2C[C@H](NC(=O)N[C@@H]3CCCC[C@@H]3C)CC2=O)cc1. The number of benzene rings is 1. The maximum atomic E-state index is 12.3. The molecule has 3 amide bonds. The van der Waals surface area contributed by atoms with Gasteiger partial charge in [-0.25, -0.2) is 4.79 Å². The molecule has 3 atom stereocenters. The van der Waals surface area contributed by atoms with E-state index in [1.165, 1.54) is 24.8 Å². The smallest absolute Gasteiger partial charge is 0.315 e. The lowest BCUT2D eigenvalue weighted by molar-refractivity contribution is -0.117. The number of hydrogen-bond acceptors (Lipinski definition) is 2. The van der Waals surface area contributed by atoms with Gasteiger partial charge in [0.25, 0.3) is 0 Å². The molecule has 2 fully saturated rings. The van der Waals surface area contributed by atoms with Crippen LogP contribution in [0.25, 0.3) is 0 Å². The highest BCUT2D eigenvalue weighted by Gasteiger charge is 2.32. The van der Waals surface area contributed by atoms with Crippen molar-refractivity contribution >= 4 is 17.6 Å². The number of rotatable bonds is 3. The van der Waals surface area contributed by atoms with E-state index in [0.717, 1.165) is 12.1 Å². The van der Waals surface area contributed by atoms with Gasteiger partial charge in [0.1, 0.15) is 0 Å². The van der Waals surface area contributed by atoms with Crippen LogP contribution in [-0.2, 0) is 4.79 Å². The highest BCUT2D eigenvalue weighted by molar-refractivity contribution is 5.96. The minimum absolute atomic E-state index is 0.0650. The molecule has 0 aromatic heterocycles. The molecule has 3 rings (SSSR count). The number of hydrogen-bond donors (Lipinski definition) is 2. The molecule has 5 nitrogen and oxygen atoms in total. The Morgan fingerprint density at radius 3 is 2.54 bits per heavy atom. The Hall–Kier alpha value is -2.04. The molecule has 5 heteroatoms. The summed E-state index contributed by atoms with van der Waals surface area (Å²) >= 11 is 0. The number of carbonyl (C=O) groups excluding carboxylic acids is 2. The molecule has 1 aliphatic carbocycles. The first kappa shape index (κ1) is 16.8. The summed E-state index contributed by atoms with van der Waals surface area (Å²) in [7, 11) is 0. The Morgan fingerprint density at radius 2 is 1.83 bits per heavy atom. The molecule has 0 spiro atoms. The molecule has 130 valence electrons. The van der Waals surface area contributed by atoms with Gasteiger partial charge in [0.2, 0.25) is 5.91 Å². The molecular formula is C19H27N3O2. The summed E-state index contributed by atoms with van der Waals surface area (Å²) in [6.45, 7) is 4.76. The van der Waals surface area contributed by atoms with Crippen LogP contribution in [0.4, 0.5) is 10.5 Å². The second kappa shape index (κ2) is 7.24. The third-order valence-electron chi connectivity index (χ3n) is 5.23. The third kappa shape index (κ3) is 3.89. The van der Waals surface area contributed by atoms with Crippen molar-refractivity contribution in [2.24, 2.45) is 5.92 Å². The lowest BCUT2D eigenvalue weighted by Crippen LogP contribution is -2.49. The molecule has 2 N–H and O–H groups in total. The topological polar surface area (TPSA) is 61.4 Å². The van der Waals surface area contributed by atoms with Gasteiger partial charge in [-0.05, 0) is 37.8 Å². The van der Waals surface area contributed by atoms with Crippen LogP contribution >= 0.6 is 0 Å². The minimum atomic E-state index is -0.141. The van der Waals surface area contributed by atoms with Crippen molar-refractivity contribution in [2.45, 2.75) is 58.0 Å². The van der Waals surface area contributed by atoms with Crippen LogP contribution in [0.3, 0.4) is 0 Å². The molecule has 1 aromatic carbocycles. The lowest BCUT2D eigenvalue weighted by Gasteiger charge is -2.30. The van der Waals surface area contributed by atoms with Gasteiger partial charge >= 0.3 is 6.03 Å². The van der Waals surface area contributed by atoms with E-state index in [4.69, 9.17) is 0 Å². The Balaban J connectivity index is 1.54. The number of amides is 3. The van der Waals surface area contributed by atoms with Gasteiger partial charge in [0.15, 0.2) is 0 Å². The fourth-order valence-electron chi connectivity index (χ4n) is 3.70. The average molecular weight is 329 g/mol. The summed E-state index contributed by atoms with van der Waals surface area (Å²) < 4.78 is 0. The summed E-state index contributed by atoms with van der Waals surface area (Å²) in [4.78, 5) is 26.3. The van der Waals surface area contributed by atoms with Crippen LogP contribution in [0.5, 0.6) is 0 Å². The predicted octanol–water partition coefficient (Wildman–Crippen LogP) is 2.98. The summed E-state index contributed by atoms with van der Waals surface area (Å²) in [5.41, 5.74) is 2.07. The average Bonchev–Trinajstić information content (AvgIpc) is 2.90. The molecule has 1 saturated carbocycles. The standard InChI is InChI=1S/C19H27N3O2/c1-13-7-9-16(10-8-13)22-12-15(11-18(22)23)20-19(24)21-17-6-4-3-5-14(17)2/h7-10,14-15,17H,3-6,11-12H2,1-2H3,(H2,20,21,24)/t14-,15+,17+/m0/s1. The first-order valence-electron chi connectivity index (χ1n) is 8.97. The van der Waals surface area contributed by atoms with E-state index in [2.05, 4.69) is 17.6 Å². The van der Waals surface area contributed by atoms with Crippen LogP contribution in [0.15, 0.2) is 24.3 Å². The minimum Gasteiger partial charge on any atom is -0.335 e. The maximum Gasteiger partial charge on any atom is 0.315 e. The number of aryl methyl sites for hydroxylation is 1. The highest BCUT2D eigenvalue weighted by Crippen LogP contribution is 2.24. The van der Waals surface area contributed by atoms with Crippen molar-refractivity contribution in [2.75, 3.05) is 11.4 Å². The molecule has 0 bridgehead atoms. The fraction of sp³-hybridized carbons (Fsp3) is 0.579. The van der Waals surface area contributed by atoms with Crippen LogP contribution < -0.4 is 15.5 Å². The molecule has 0 radical (unpaired) electrons. The van der Waals surface area contributed by atoms with Crippen molar-refractivity contribution in [1.29, 1.82) is 0 Å². The van der Waals surface area contributed by atoms with E-state index in [1.807, 2.05) is 31.2 Å². The van der Waals surface area contributed by atoms with Crippen LogP contribution in [0.1, 0.15) is 44.6 Å². The van der Waals surface area contributed by atoms with Gasteiger partial charge < -0.3 is 15.5 Å². The van der Waals surface area contributed by atoms with Gasteiger partial charge in [-0.3, -0.25) is 4.79 Å². The summed E-state index contributed by atoms with van der Waals surface area (Å²) in [6, 6.07) is 7.90. The number of nitrogens with one attached hydrogen (secondary N) is 2. The lowest BCUT2D eigenvalue weighted by atomic mass is 9.86. The first-order chi connectivity index (χ1) is 11.5. The van der Waals surface area contributed by atoms with E-state index in [9.17, 15) is 9.59 Å². The first-order valence-corrected chi connectivity index (χ1v) is 8.97. The zero-order valence-electron chi connectivity index (χ0n) is 14.5. The van der Waals surface area contributed by atoms with Crippen LogP contribution in [0, 0.1) is 12.8 Å². The van der Waals surface area contributed by atoms with Crippen molar-refractivity contribution in [1.82, 2.24) is 10.6 Å². The van der Waals surface area contributed by atoms with E-state index >= 15 is 0 Å². The molecule has 0 unspecified atom stereocenters. The van der Waals surface area contributed by atoms with E-state index in [1.54, 1.807) is 4.90 Å². The summed E-state index contributed by atoms with van der Waals surface area (Å²) in [6.07, 6.45) is 5.02. The van der Waals surface area contributed by atoms with Gasteiger partial charge in [0.05, 0.1) is 6.04 Å². The Bertz CT molecular complexity index is 599. The number of nitrogens with zero attached hydrogens (tertiary/aromatic N) is 1. The zero-order chi connectivity index (χ0) is 17.1. The van der Waals surface area contributed by atoms with Gasteiger partial charge in [-0.2, -0.15) is 0 Å². The molecule has 1 saturated heterocycles. The molecule has 24 heavy (non-hydrogen) atoms. The highest BCUT2D eigenvalue weighted by atomic mass is 16.2. The van der Waals surface area contributed by atoms with E-state index in [0.29, 0.717) is 18.9 Å². The zero-order valence-corrected chi connectivity index (χ0v) is 14.5. The Labute approximate surface area is 143 Å². The molecule has 2 aliphatic rings. The quantitative estimate of drug-likeness (QED) is 0.895. The molecule has 1 aliphatic heterocycles. The molecule has 1 aromatic rings. The second-order valence-corrected chi connectivity index (χ2v) is 7.23. The fourth-order valence-corrected chi connectivity index (χ4v) is 3.70. The Kier molecular flexibility index (Phi) is 5.07. The normalized spacial score (nSPS) is 27.2. The van der Waals surface area contributed by atoms with Crippen molar-refractivity contribution in [3.63, 3.8) is 0 Å². The van der Waals surface area contributed by atoms with E-state index < -0.39 is 0 Å². The number of anilines is 1. The number of urea groups is 1. The second-order valence-electron chi connectivity index (χ2n) is 7.23. The van der Waals surface area contributed by atoms with Crippen molar-refractivity contribution < 1.29 is 9.59 Å². The molecule has 1 heterocycles. The van der Waals surface area contributed by atoms with Crippen LogP contribution in [-0.4, -0.2) is 30.6 Å². The summed E-state index contributed by atoms with van der Waals surface area (Å²) in [5.74, 6) is 0.592. The van der Waals surface area contributed by atoms with Gasteiger partial charge in [-0.1, -0.05) is 37.5 Å². The largest absolute Gasteiger partial charge is 0.335 e. The van der Waals surface area contributed by atoms with E-state index in [-0.39, 0.29) is 24.0 Å². The van der Waals surface area contributed by atoms with Gasteiger partial charge in [-0.15, -0.1) is 0 Å².